The van der Waals surface area contributed by atoms with Gasteiger partial charge >= 0.3 is 5.97 Å². The lowest BCUT2D eigenvalue weighted by Crippen LogP contribution is -2.45. The number of halogens is 2. The zero-order chi connectivity index (χ0) is 27.1. The molecule has 0 saturated carbocycles. The fourth-order valence-electron chi connectivity index (χ4n) is 3.48. The maximum Gasteiger partial charge on any atom is 0.327 e. The van der Waals surface area contributed by atoms with E-state index in [1.807, 2.05) is 54.6 Å². The lowest BCUT2D eigenvalue weighted by Gasteiger charge is -2.16. The number of hydrogen-bond acceptors (Lipinski definition) is 5. The Morgan fingerprint density at radius 3 is 2.39 bits per heavy atom. The summed E-state index contributed by atoms with van der Waals surface area (Å²) >= 11 is 14.8. The zero-order valence-corrected chi connectivity index (χ0v) is 23.0. The van der Waals surface area contributed by atoms with Gasteiger partial charge in [-0.05, 0) is 46.9 Å². The molecule has 1 atom stereocenters. The molecule has 3 aromatic carbocycles. The Bertz CT molecular complexity index is 1470. The normalized spacial score (nSPS) is 12.2. The Morgan fingerprint density at radius 1 is 0.947 bits per heavy atom. The molecule has 0 unspecified atom stereocenters. The van der Waals surface area contributed by atoms with Crippen molar-refractivity contribution >= 4 is 80.2 Å². The lowest BCUT2D eigenvalue weighted by molar-refractivity contribution is -0.140. The van der Waals surface area contributed by atoms with Crippen molar-refractivity contribution in [1.29, 1.82) is 0 Å². The minimum Gasteiger partial charge on any atom is -0.480 e. The first kappa shape index (κ1) is 27.7. The fourth-order valence-corrected chi connectivity index (χ4v) is 5.76. The molecule has 4 aromatic rings. The van der Waals surface area contributed by atoms with Gasteiger partial charge in [-0.1, -0.05) is 77.8 Å². The van der Waals surface area contributed by atoms with Crippen LogP contribution < -0.4 is 10.6 Å². The van der Waals surface area contributed by atoms with Gasteiger partial charge in [0.2, 0.25) is 0 Å². The quantitative estimate of drug-likeness (QED) is 0.185. The van der Waals surface area contributed by atoms with Gasteiger partial charge in [0.1, 0.15) is 11.7 Å². The van der Waals surface area contributed by atoms with Crippen LogP contribution in [0.15, 0.2) is 84.6 Å². The van der Waals surface area contributed by atoms with Crippen LogP contribution in [0.25, 0.3) is 16.2 Å². The number of thiophene rings is 1. The Morgan fingerprint density at radius 2 is 1.68 bits per heavy atom. The smallest absolute Gasteiger partial charge is 0.327 e. The molecule has 0 bridgehead atoms. The van der Waals surface area contributed by atoms with Crippen molar-refractivity contribution in [2.75, 3.05) is 5.75 Å². The number of benzene rings is 3. The van der Waals surface area contributed by atoms with E-state index >= 15 is 0 Å². The summed E-state index contributed by atoms with van der Waals surface area (Å²) in [6, 6.07) is 22.5. The van der Waals surface area contributed by atoms with Gasteiger partial charge in [-0.2, -0.15) is 11.8 Å². The van der Waals surface area contributed by atoms with Crippen LogP contribution in [0.3, 0.4) is 0 Å². The maximum absolute atomic E-state index is 13.3. The Balaban J connectivity index is 1.54. The van der Waals surface area contributed by atoms with Crippen molar-refractivity contribution in [3.05, 3.63) is 111 Å². The number of amides is 2. The van der Waals surface area contributed by atoms with Gasteiger partial charge < -0.3 is 15.7 Å². The van der Waals surface area contributed by atoms with Crippen molar-refractivity contribution in [1.82, 2.24) is 10.6 Å². The molecule has 0 spiro atoms. The molecule has 0 radical (unpaired) electrons. The lowest BCUT2D eigenvalue weighted by atomic mass is 10.1. The number of carbonyl (C=O) groups excluding carboxylic acids is 2. The van der Waals surface area contributed by atoms with Crippen LogP contribution in [0.2, 0.25) is 10.0 Å². The van der Waals surface area contributed by atoms with Crippen molar-refractivity contribution in [3.8, 4) is 0 Å². The molecule has 0 aliphatic carbocycles. The molecule has 4 rings (SSSR count). The molecular formula is C28H22Cl2N2O4S2. The Kier molecular flexibility index (Phi) is 9.47. The largest absolute Gasteiger partial charge is 0.480 e. The van der Waals surface area contributed by atoms with Crippen LogP contribution in [-0.2, 0) is 15.3 Å². The number of fused-ring (bicyclic) bond motifs is 1. The van der Waals surface area contributed by atoms with E-state index in [0.29, 0.717) is 21.2 Å². The number of thioether (sulfide) groups is 1. The highest BCUT2D eigenvalue weighted by molar-refractivity contribution is 7.98. The summed E-state index contributed by atoms with van der Waals surface area (Å²) in [5.41, 5.74) is 1.43. The molecule has 0 aliphatic rings. The van der Waals surface area contributed by atoms with Gasteiger partial charge in [0.05, 0.1) is 14.9 Å². The molecule has 38 heavy (non-hydrogen) atoms. The van der Waals surface area contributed by atoms with Crippen molar-refractivity contribution in [3.63, 3.8) is 0 Å². The Labute approximate surface area is 237 Å². The average molecular weight is 586 g/mol. The molecule has 3 N–H and O–H groups in total. The number of nitrogens with one attached hydrogen (secondary N) is 2. The van der Waals surface area contributed by atoms with E-state index in [1.165, 1.54) is 29.2 Å². The van der Waals surface area contributed by atoms with E-state index in [9.17, 15) is 19.5 Å². The van der Waals surface area contributed by atoms with Gasteiger partial charge in [-0.15, -0.1) is 11.3 Å². The van der Waals surface area contributed by atoms with E-state index in [4.69, 9.17) is 23.2 Å². The SMILES string of the molecule is O=C(N[C@H](CSCc1ccccc1)C(=O)O)/C(=C\c1ccc(Cl)c(Cl)c1)NC(=O)c1cc2ccccc2s1. The van der Waals surface area contributed by atoms with Gasteiger partial charge in [0.25, 0.3) is 11.8 Å². The number of carboxylic acids is 1. The summed E-state index contributed by atoms with van der Waals surface area (Å²) < 4.78 is 0.929. The van der Waals surface area contributed by atoms with Crippen LogP contribution in [0, 0.1) is 0 Å². The molecule has 10 heteroatoms. The number of aliphatic carboxylic acids is 1. The second-order valence-electron chi connectivity index (χ2n) is 8.20. The van der Waals surface area contributed by atoms with Crippen LogP contribution in [0.4, 0.5) is 0 Å². The third kappa shape index (κ3) is 7.39. The molecule has 194 valence electrons. The number of hydrogen-bond donors (Lipinski definition) is 3. The van der Waals surface area contributed by atoms with E-state index in [0.717, 1.165) is 15.6 Å². The summed E-state index contributed by atoms with van der Waals surface area (Å²) in [4.78, 5) is 38.7. The monoisotopic (exact) mass is 584 g/mol. The molecule has 6 nitrogen and oxygen atoms in total. The molecule has 0 fully saturated rings. The van der Waals surface area contributed by atoms with Crippen molar-refractivity contribution < 1.29 is 19.5 Å². The first-order valence-corrected chi connectivity index (χ1v) is 14.1. The number of carboxylic acid groups (broad SMARTS) is 1. The third-order valence-electron chi connectivity index (χ3n) is 5.40. The minimum atomic E-state index is -1.18. The summed E-state index contributed by atoms with van der Waals surface area (Å²) in [5.74, 6) is -1.67. The maximum atomic E-state index is 13.3. The summed E-state index contributed by atoms with van der Waals surface area (Å²) in [5, 5.41) is 16.4. The summed E-state index contributed by atoms with van der Waals surface area (Å²) in [7, 11) is 0. The molecule has 0 aliphatic heterocycles. The summed E-state index contributed by atoms with van der Waals surface area (Å²) in [6.45, 7) is 0. The zero-order valence-electron chi connectivity index (χ0n) is 19.8. The van der Waals surface area contributed by atoms with Gasteiger partial charge in [-0.25, -0.2) is 4.79 Å². The average Bonchev–Trinajstić information content (AvgIpc) is 3.35. The van der Waals surface area contributed by atoms with Gasteiger partial charge in [0.15, 0.2) is 0 Å². The fraction of sp³-hybridized carbons (Fsp3) is 0.107. The van der Waals surface area contributed by atoms with E-state index in [-0.39, 0.29) is 16.5 Å². The minimum absolute atomic E-state index is 0.120. The second-order valence-corrected chi connectivity index (χ2v) is 11.1. The molecule has 2 amide bonds. The van der Waals surface area contributed by atoms with E-state index in [2.05, 4.69) is 10.6 Å². The highest BCUT2D eigenvalue weighted by Gasteiger charge is 2.24. The topological polar surface area (TPSA) is 95.5 Å². The van der Waals surface area contributed by atoms with E-state index < -0.39 is 23.8 Å². The van der Waals surface area contributed by atoms with Crippen molar-refractivity contribution in [2.45, 2.75) is 11.8 Å². The predicted octanol–water partition coefficient (Wildman–Crippen LogP) is 6.48. The third-order valence-corrected chi connectivity index (χ3v) is 8.36. The van der Waals surface area contributed by atoms with Crippen molar-refractivity contribution in [2.24, 2.45) is 0 Å². The highest BCUT2D eigenvalue weighted by Crippen LogP contribution is 2.26. The summed E-state index contributed by atoms with van der Waals surface area (Å²) in [6.07, 6.45) is 1.43. The highest BCUT2D eigenvalue weighted by atomic mass is 35.5. The molecular weight excluding hydrogens is 563 g/mol. The first-order chi connectivity index (χ1) is 18.3. The van der Waals surface area contributed by atoms with Gasteiger partial charge in [-0.3, -0.25) is 9.59 Å². The molecule has 1 heterocycles. The first-order valence-electron chi connectivity index (χ1n) is 11.4. The Hall–Kier alpha value is -3.30. The predicted molar refractivity (Wildman–Crippen MR) is 156 cm³/mol. The van der Waals surface area contributed by atoms with Crippen LogP contribution in [0.1, 0.15) is 20.8 Å². The standard InChI is InChI=1S/C28H22Cl2N2O4S2/c29-20-11-10-18(12-21(20)30)13-22(31-27(34)25-14-19-8-4-5-9-24(19)38-25)26(33)32-23(28(35)36)16-37-15-17-6-2-1-3-7-17/h1-14,23H,15-16H2,(H,31,34)(H,32,33)(H,35,36)/b22-13+/t23-/m1/s1. The van der Waals surface area contributed by atoms with Crippen LogP contribution in [-0.4, -0.2) is 34.7 Å². The van der Waals surface area contributed by atoms with Crippen LogP contribution >= 0.6 is 46.3 Å². The van der Waals surface area contributed by atoms with E-state index in [1.54, 1.807) is 24.3 Å². The van der Waals surface area contributed by atoms with Crippen LogP contribution in [0.5, 0.6) is 0 Å². The van der Waals surface area contributed by atoms with Gasteiger partial charge in [0, 0.05) is 16.2 Å². The number of carbonyl (C=O) groups is 3. The second kappa shape index (κ2) is 13.0. The number of rotatable bonds is 10. The molecule has 0 saturated heterocycles. The molecule has 1 aromatic heterocycles.